The van der Waals surface area contributed by atoms with Gasteiger partial charge < -0.3 is 0 Å². The third-order valence-electron chi connectivity index (χ3n) is 2.34. The highest BCUT2D eigenvalue weighted by Gasteiger charge is 2.13. The number of fused-ring (bicyclic) bond motifs is 1. The van der Waals surface area contributed by atoms with Gasteiger partial charge in [0.15, 0.2) is 5.78 Å². The lowest BCUT2D eigenvalue weighted by molar-refractivity contribution is 0.0988. The summed E-state index contributed by atoms with van der Waals surface area (Å²) in [6, 6.07) is 6.09. The van der Waals surface area contributed by atoms with Crippen LogP contribution in [-0.2, 0) is 6.42 Å². The van der Waals surface area contributed by atoms with E-state index in [1.807, 2.05) is 30.8 Å². The second kappa shape index (κ2) is 3.54. The van der Waals surface area contributed by atoms with Crippen molar-refractivity contribution < 1.29 is 4.79 Å². The second-order valence-corrected chi connectivity index (χ2v) is 4.33. The van der Waals surface area contributed by atoms with Crippen LogP contribution in [0.3, 0.4) is 0 Å². The van der Waals surface area contributed by atoms with Crippen molar-refractivity contribution in [2.45, 2.75) is 24.7 Å². The van der Waals surface area contributed by atoms with Crippen LogP contribution >= 0.6 is 11.8 Å². The molecule has 1 aromatic carbocycles. The summed E-state index contributed by atoms with van der Waals surface area (Å²) in [6.07, 6.45) is 1.75. The molecule has 13 heavy (non-hydrogen) atoms. The van der Waals surface area contributed by atoms with Crippen LogP contribution in [0.4, 0.5) is 0 Å². The maximum Gasteiger partial charge on any atom is 0.162 e. The van der Waals surface area contributed by atoms with E-state index in [4.69, 9.17) is 0 Å². The van der Waals surface area contributed by atoms with E-state index >= 15 is 0 Å². The first kappa shape index (κ1) is 8.82. The van der Waals surface area contributed by atoms with Gasteiger partial charge in [-0.15, -0.1) is 11.8 Å². The first-order chi connectivity index (χ1) is 6.31. The van der Waals surface area contributed by atoms with Gasteiger partial charge in [0.2, 0.25) is 0 Å². The van der Waals surface area contributed by atoms with Crippen LogP contribution in [0.2, 0.25) is 0 Å². The molecule has 0 radical (unpaired) electrons. The lowest BCUT2D eigenvalue weighted by atomic mass is 10.1. The van der Waals surface area contributed by atoms with Gasteiger partial charge in [0.05, 0.1) is 0 Å². The molecular weight excluding hydrogens is 180 g/mol. The maximum atomic E-state index is 11.4. The lowest BCUT2D eigenvalue weighted by Crippen LogP contribution is -1.96. The van der Waals surface area contributed by atoms with Gasteiger partial charge in [-0.05, 0) is 18.1 Å². The van der Waals surface area contributed by atoms with Crippen molar-refractivity contribution in [1.82, 2.24) is 0 Å². The van der Waals surface area contributed by atoms with Gasteiger partial charge in [-0.25, -0.2) is 0 Å². The zero-order valence-corrected chi connectivity index (χ0v) is 8.49. The van der Waals surface area contributed by atoms with E-state index in [1.165, 1.54) is 16.2 Å². The van der Waals surface area contributed by atoms with Gasteiger partial charge in [-0.1, -0.05) is 19.1 Å². The molecule has 2 heteroatoms. The molecule has 0 N–H and O–H groups in total. The molecule has 0 unspecified atom stereocenters. The minimum atomic E-state index is 0.246. The molecule has 1 aliphatic rings. The summed E-state index contributed by atoms with van der Waals surface area (Å²) < 4.78 is 0. The van der Waals surface area contributed by atoms with Crippen molar-refractivity contribution in [3.8, 4) is 0 Å². The predicted octanol–water partition coefficient (Wildman–Crippen LogP) is 2.93. The molecule has 0 aliphatic carbocycles. The fourth-order valence-corrected chi connectivity index (χ4v) is 2.65. The van der Waals surface area contributed by atoms with E-state index in [1.54, 1.807) is 0 Å². The van der Waals surface area contributed by atoms with Crippen LogP contribution in [-0.4, -0.2) is 11.5 Å². The molecule has 0 bridgehead atoms. The van der Waals surface area contributed by atoms with Crippen LogP contribution in [0.25, 0.3) is 0 Å². The Morgan fingerprint density at radius 2 is 2.38 bits per heavy atom. The minimum absolute atomic E-state index is 0.246. The van der Waals surface area contributed by atoms with E-state index in [0.29, 0.717) is 6.42 Å². The van der Waals surface area contributed by atoms with Crippen molar-refractivity contribution >= 4 is 17.5 Å². The monoisotopic (exact) mass is 192 g/mol. The number of hydrogen-bond donors (Lipinski definition) is 0. The Balaban J connectivity index is 2.36. The Labute approximate surface area is 82.5 Å². The summed E-state index contributed by atoms with van der Waals surface area (Å²) in [7, 11) is 0. The number of benzene rings is 1. The highest BCUT2D eigenvalue weighted by molar-refractivity contribution is 7.99. The number of aryl methyl sites for hydroxylation is 1. The highest BCUT2D eigenvalue weighted by Crippen LogP contribution is 2.31. The minimum Gasteiger partial charge on any atom is -0.294 e. The number of thioether (sulfide) groups is 1. The highest BCUT2D eigenvalue weighted by atomic mass is 32.2. The summed E-state index contributed by atoms with van der Waals surface area (Å²) >= 11 is 1.86. The molecule has 0 aromatic heterocycles. The van der Waals surface area contributed by atoms with Gasteiger partial charge in [0, 0.05) is 22.6 Å². The fourth-order valence-electron chi connectivity index (χ4n) is 1.54. The molecule has 1 aromatic rings. The largest absolute Gasteiger partial charge is 0.294 e. The lowest BCUT2D eigenvalue weighted by Gasteiger charge is -2.01. The number of carbonyl (C=O) groups excluding carboxylic acids is 1. The molecule has 1 heterocycles. The third-order valence-corrected chi connectivity index (χ3v) is 3.44. The number of ketones is 1. The van der Waals surface area contributed by atoms with E-state index in [2.05, 4.69) is 6.07 Å². The van der Waals surface area contributed by atoms with E-state index in [-0.39, 0.29) is 5.78 Å². The Morgan fingerprint density at radius 1 is 1.54 bits per heavy atom. The average Bonchev–Trinajstić information content (AvgIpc) is 2.63. The van der Waals surface area contributed by atoms with Crippen LogP contribution in [0.5, 0.6) is 0 Å². The third kappa shape index (κ3) is 1.63. The van der Waals surface area contributed by atoms with Crippen molar-refractivity contribution in [3.05, 3.63) is 29.3 Å². The number of Topliss-reactive ketones (excluding diaryl/α,β-unsaturated/α-hetero) is 1. The zero-order chi connectivity index (χ0) is 9.26. The Hall–Kier alpha value is -0.760. The van der Waals surface area contributed by atoms with Crippen LogP contribution in [0, 0.1) is 0 Å². The van der Waals surface area contributed by atoms with Gasteiger partial charge in [-0.2, -0.15) is 0 Å². The van der Waals surface area contributed by atoms with E-state index in [0.717, 1.165) is 12.0 Å². The van der Waals surface area contributed by atoms with Gasteiger partial charge in [-0.3, -0.25) is 4.79 Å². The molecule has 68 valence electrons. The predicted molar refractivity (Wildman–Crippen MR) is 55.5 cm³/mol. The molecule has 0 fully saturated rings. The molecular formula is C11H12OS. The summed E-state index contributed by atoms with van der Waals surface area (Å²) in [5.41, 5.74) is 2.27. The zero-order valence-electron chi connectivity index (χ0n) is 7.67. The number of rotatable bonds is 2. The molecule has 0 spiro atoms. The Kier molecular flexibility index (Phi) is 2.40. The van der Waals surface area contributed by atoms with Gasteiger partial charge >= 0.3 is 0 Å². The van der Waals surface area contributed by atoms with Gasteiger partial charge in [0.25, 0.3) is 0 Å². The molecule has 1 nitrogen and oxygen atoms in total. The normalized spacial score (nSPS) is 14.2. The summed E-state index contributed by atoms with van der Waals surface area (Å²) in [5, 5.41) is 0. The molecule has 0 atom stereocenters. The summed E-state index contributed by atoms with van der Waals surface area (Å²) in [4.78, 5) is 12.7. The van der Waals surface area contributed by atoms with Crippen LogP contribution < -0.4 is 0 Å². The average molecular weight is 192 g/mol. The molecule has 0 saturated heterocycles. The van der Waals surface area contributed by atoms with Crippen molar-refractivity contribution in [2.24, 2.45) is 0 Å². The molecule has 1 aliphatic heterocycles. The SMILES string of the molecule is CCC(=O)c1ccc2c(c1)SCC2. The molecule has 2 rings (SSSR count). The van der Waals surface area contributed by atoms with Crippen LogP contribution in [0.15, 0.2) is 23.1 Å². The fraction of sp³-hybridized carbons (Fsp3) is 0.364. The van der Waals surface area contributed by atoms with Gasteiger partial charge in [0.1, 0.15) is 0 Å². The number of hydrogen-bond acceptors (Lipinski definition) is 2. The van der Waals surface area contributed by atoms with E-state index in [9.17, 15) is 4.79 Å². The number of carbonyl (C=O) groups is 1. The standard InChI is InChI=1S/C11H12OS/c1-2-10(12)9-4-3-8-5-6-13-11(8)7-9/h3-4,7H,2,5-6H2,1H3. The smallest absolute Gasteiger partial charge is 0.162 e. The Bertz CT molecular complexity index is 344. The topological polar surface area (TPSA) is 17.1 Å². The molecule has 0 saturated carbocycles. The quantitative estimate of drug-likeness (QED) is 0.670. The first-order valence-electron chi connectivity index (χ1n) is 4.60. The summed E-state index contributed by atoms with van der Waals surface area (Å²) in [6.45, 7) is 1.91. The van der Waals surface area contributed by atoms with Crippen molar-refractivity contribution in [2.75, 3.05) is 5.75 Å². The second-order valence-electron chi connectivity index (χ2n) is 3.20. The maximum absolute atomic E-state index is 11.4. The Morgan fingerprint density at radius 3 is 3.15 bits per heavy atom. The summed E-state index contributed by atoms with van der Waals surface area (Å²) in [5.74, 6) is 1.41. The van der Waals surface area contributed by atoms with Crippen molar-refractivity contribution in [3.63, 3.8) is 0 Å². The van der Waals surface area contributed by atoms with Crippen molar-refractivity contribution in [1.29, 1.82) is 0 Å². The van der Waals surface area contributed by atoms with E-state index < -0.39 is 0 Å². The molecule has 0 amide bonds. The van der Waals surface area contributed by atoms with Crippen LogP contribution in [0.1, 0.15) is 29.3 Å². The first-order valence-corrected chi connectivity index (χ1v) is 5.58.